The Balaban J connectivity index is 1.25. The van der Waals surface area contributed by atoms with Gasteiger partial charge in [-0.15, -0.1) is 0 Å². The molecule has 5 aromatic rings. The first-order valence-corrected chi connectivity index (χ1v) is 13.8. The van der Waals surface area contributed by atoms with Crippen LogP contribution in [0.1, 0.15) is 46.8 Å². The lowest BCUT2D eigenvalue weighted by Gasteiger charge is -2.23. The van der Waals surface area contributed by atoms with Crippen LogP contribution in [0, 0.1) is 5.82 Å². The number of benzene rings is 3. The fourth-order valence-corrected chi connectivity index (χ4v) is 6.34. The van der Waals surface area contributed by atoms with Crippen molar-refractivity contribution < 1.29 is 13.9 Å². The van der Waals surface area contributed by atoms with Crippen LogP contribution < -0.4 is 9.47 Å². The predicted molar refractivity (Wildman–Crippen MR) is 158 cm³/mol. The highest BCUT2D eigenvalue weighted by Crippen LogP contribution is 2.36. The van der Waals surface area contributed by atoms with Crippen LogP contribution in [-0.2, 0) is 12.8 Å². The molecule has 7 heteroatoms. The monoisotopic (exact) mass is 534 g/mol. The first-order chi connectivity index (χ1) is 19.6. The third kappa shape index (κ3) is 4.26. The second kappa shape index (κ2) is 9.97. The molecular formula is C33H31FN4O2. The quantitative estimate of drug-likeness (QED) is 0.242. The minimum absolute atomic E-state index is 0.0805. The van der Waals surface area contributed by atoms with Gasteiger partial charge in [-0.1, -0.05) is 12.1 Å². The lowest BCUT2D eigenvalue weighted by molar-refractivity contribution is 0.415. The van der Waals surface area contributed by atoms with Gasteiger partial charge in [-0.2, -0.15) is 0 Å². The van der Waals surface area contributed by atoms with Gasteiger partial charge >= 0.3 is 0 Å². The number of nitrogens with zero attached hydrogens (tertiary/aromatic N) is 2. The summed E-state index contributed by atoms with van der Waals surface area (Å²) in [4.78, 5) is 17.3. The molecule has 3 aromatic carbocycles. The van der Waals surface area contributed by atoms with Gasteiger partial charge in [0.25, 0.3) is 0 Å². The molecule has 0 saturated heterocycles. The number of aliphatic imine (C=N–C) groups is 2. The molecule has 0 spiro atoms. The van der Waals surface area contributed by atoms with E-state index < -0.39 is 0 Å². The Hall–Kier alpha value is -4.39. The average Bonchev–Trinajstić information content (AvgIpc) is 3.55. The zero-order valence-electron chi connectivity index (χ0n) is 22.7. The third-order valence-electron chi connectivity index (χ3n) is 8.35. The summed E-state index contributed by atoms with van der Waals surface area (Å²) in [5.74, 6) is 1.51. The van der Waals surface area contributed by atoms with Crippen molar-refractivity contribution in [1.29, 1.82) is 0 Å². The lowest BCUT2D eigenvalue weighted by atomic mass is 9.85. The molecule has 0 radical (unpaired) electrons. The molecule has 2 aliphatic rings. The fraction of sp³-hybridized carbons (Fsp3) is 0.273. The molecule has 0 aliphatic carbocycles. The summed E-state index contributed by atoms with van der Waals surface area (Å²) in [6, 6.07) is 19.3. The van der Waals surface area contributed by atoms with Gasteiger partial charge in [-0.05, 0) is 84.7 Å². The zero-order valence-corrected chi connectivity index (χ0v) is 22.7. The lowest BCUT2D eigenvalue weighted by Crippen LogP contribution is -2.20. The number of fused-ring (bicyclic) bond motifs is 6. The highest BCUT2D eigenvalue weighted by atomic mass is 19.1. The van der Waals surface area contributed by atoms with Crippen molar-refractivity contribution in [1.82, 2.24) is 9.97 Å². The summed E-state index contributed by atoms with van der Waals surface area (Å²) in [7, 11) is 3.38. The number of ether oxygens (including phenoxy) is 2. The summed E-state index contributed by atoms with van der Waals surface area (Å²) in [6.45, 7) is 1.51. The third-order valence-corrected chi connectivity index (χ3v) is 8.35. The van der Waals surface area contributed by atoms with Crippen LogP contribution in [0.25, 0.3) is 21.8 Å². The van der Waals surface area contributed by atoms with E-state index in [4.69, 9.17) is 19.5 Å². The van der Waals surface area contributed by atoms with E-state index in [0.717, 1.165) is 89.7 Å². The summed E-state index contributed by atoms with van der Waals surface area (Å²) in [6.07, 6.45) is 3.26. The minimum atomic E-state index is -0.230. The van der Waals surface area contributed by atoms with Crippen LogP contribution in [0.15, 0.2) is 70.6 Å². The molecule has 0 amide bonds. The Morgan fingerprint density at radius 1 is 0.725 bits per heavy atom. The second-order valence-corrected chi connectivity index (χ2v) is 10.6. The molecule has 0 atom stereocenters. The first kappa shape index (κ1) is 24.6. The Kier molecular flexibility index (Phi) is 6.14. The van der Waals surface area contributed by atoms with Gasteiger partial charge in [0.1, 0.15) is 17.3 Å². The maximum Gasteiger partial charge on any atom is 0.123 e. The Morgan fingerprint density at radius 3 is 1.70 bits per heavy atom. The zero-order chi connectivity index (χ0) is 27.2. The topological polar surface area (TPSA) is 74.8 Å². The summed E-state index contributed by atoms with van der Waals surface area (Å²) < 4.78 is 24.9. The van der Waals surface area contributed by atoms with Crippen LogP contribution in [0.2, 0.25) is 0 Å². The predicted octanol–water partition coefficient (Wildman–Crippen LogP) is 6.76. The van der Waals surface area contributed by atoms with Crippen molar-refractivity contribution in [2.75, 3.05) is 27.3 Å². The van der Waals surface area contributed by atoms with Crippen LogP contribution in [0.3, 0.4) is 0 Å². The molecule has 202 valence electrons. The number of aromatic amines is 2. The standard InChI is InChI=1S/C33H31FN4O2/c1-39-22-7-9-24-26-11-13-35-30(32(26)37-28(24)17-22)15-20(19-3-5-21(34)6-4-19)16-31-33-27(12-14-36-31)25-10-8-23(40-2)18-29(25)38-33/h3-10,17-18,20,37-38H,11-16H2,1-2H3. The molecule has 0 bridgehead atoms. The van der Waals surface area contributed by atoms with E-state index >= 15 is 0 Å². The van der Waals surface area contributed by atoms with Gasteiger partial charge in [0.05, 0.1) is 37.0 Å². The van der Waals surface area contributed by atoms with Crippen LogP contribution in [0.5, 0.6) is 11.5 Å². The van der Waals surface area contributed by atoms with Gasteiger partial charge < -0.3 is 19.4 Å². The number of hydrogen-bond donors (Lipinski definition) is 2. The Labute approximate surface area is 232 Å². The number of halogens is 1. The number of hydrogen-bond acceptors (Lipinski definition) is 4. The molecule has 4 heterocycles. The SMILES string of the molecule is COc1ccc2c3c([nH]c2c1)C(CC(CC1=NCCc2c1[nH]c1cc(OC)ccc21)c1ccc(F)cc1)=NCC3. The molecule has 7 rings (SSSR count). The fourth-order valence-electron chi connectivity index (χ4n) is 6.34. The highest BCUT2D eigenvalue weighted by molar-refractivity contribution is 6.09. The van der Waals surface area contributed by atoms with E-state index in [1.807, 2.05) is 36.4 Å². The Bertz CT molecular complexity index is 1690. The van der Waals surface area contributed by atoms with Crippen molar-refractivity contribution in [3.8, 4) is 11.5 Å². The molecule has 2 N–H and O–H groups in total. The molecule has 2 aliphatic heterocycles. The largest absolute Gasteiger partial charge is 0.497 e. The Morgan fingerprint density at radius 2 is 1.23 bits per heavy atom. The summed E-state index contributed by atoms with van der Waals surface area (Å²) in [5, 5.41) is 2.44. The van der Waals surface area contributed by atoms with Crippen molar-refractivity contribution in [2.45, 2.75) is 31.6 Å². The minimum Gasteiger partial charge on any atom is -0.497 e. The molecule has 0 saturated carbocycles. The second-order valence-electron chi connectivity index (χ2n) is 10.6. The number of aromatic nitrogens is 2. The van der Waals surface area contributed by atoms with E-state index in [1.54, 1.807) is 26.4 Å². The molecule has 0 fully saturated rings. The van der Waals surface area contributed by atoms with Crippen LogP contribution in [0.4, 0.5) is 4.39 Å². The van der Waals surface area contributed by atoms with Crippen LogP contribution in [-0.4, -0.2) is 48.7 Å². The number of rotatable bonds is 7. The van der Waals surface area contributed by atoms with Crippen molar-refractivity contribution in [3.05, 3.63) is 94.6 Å². The van der Waals surface area contributed by atoms with Crippen molar-refractivity contribution >= 4 is 33.2 Å². The number of methoxy groups -OCH3 is 2. The molecular weight excluding hydrogens is 503 g/mol. The normalized spacial score (nSPS) is 14.7. The van der Waals surface area contributed by atoms with E-state index in [0.29, 0.717) is 0 Å². The number of H-pyrrole nitrogens is 2. The number of nitrogens with one attached hydrogen (secondary N) is 2. The smallest absolute Gasteiger partial charge is 0.123 e. The van der Waals surface area contributed by atoms with Crippen molar-refractivity contribution in [3.63, 3.8) is 0 Å². The van der Waals surface area contributed by atoms with E-state index in [2.05, 4.69) is 22.1 Å². The van der Waals surface area contributed by atoms with Gasteiger partial charge in [0, 0.05) is 47.0 Å². The molecule has 6 nitrogen and oxygen atoms in total. The summed E-state index contributed by atoms with van der Waals surface area (Å²) in [5.41, 5.74) is 10.1. The average molecular weight is 535 g/mol. The van der Waals surface area contributed by atoms with E-state index in [-0.39, 0.29) is 11.7 Å². The summed E-state index contributed by atoms with van der Waals surface area (Å²) >= 11 is 0. The van der Waals surface area contributed by atoms with Gasteiger partial charge in [-0.3, -0.25) is 9.98 Å². The van der Waals surface area contributed by atoms with Gasteiger partial charge in [0.2, 0.25) is 0 Å². The molecule has 0 unspecified atom stereocenters. The van der Waals surface area contributed by atoms with Gasteiger partial charge in [0.15, 0.2) is 0 Å². The highest BCUT2D eigenvalue weighted by Gasteiger charge is 2.27. The maximum absolute atomic E-state index is 13.9. The maximum atomic E-state index is 13.9. The van der Waals surface area contributed by atoms with Crippen molar-refractivity contribution in [2.24, 2.45) is 9.98 Å². The first-order valence-electron chi connectivity index (χ1n) is 13.8. The van der Waals surface area contributed by atoms with Crippen LogP contribution >= 0.6 is 0 Å². The molecule has 40 heavy (non-hydrogen) atoms. The van der Waals surface area contributed by atoms with E-state index in [1.165, 1.54) is 21.9 Å². The van der Waals surface area contributed by atoms with Gasteiger partial charge in [-0.25, -0.2) is 4.39 Å². The molecule has 2 aromatic heterocycles. The van der Waals surface area contributed by atoms with E-state index in [9.17, 15) is 4.39 Å².